The minimum absolute atomic E-state index is 0.0360. The Bertz CT molecular complexity index is 1140. The maximum atomic E-state index is 13.0. The molecule has 1 aliphatic heterocycles. The first-order valence-electron chi connectivity index (χ1n) is 11.4. The largest absolute Gasteiger partial charge is 0.369 e. The Morgan fingerprint density at radius 1 is 0.939 bits per heavy atom. The zero-order valence-corrected chi connectivity index (χ0v) is 20.3. The number of sulfone groups is 1. The van der Waals surface area contributed by atoms with Gasteiger partial charge in [-0.3, -0.25) is 4.90 Å². The first-order valence-corrected chi connectivity index (χ1v) is 13.1. The number of rotatable bonds is 8. The SMILES string of the molecule is Cc1ccc(S(=O)(=O)Cn2nnnc2[C@H](CC(C)C)N2CCN(c3ccccc3)CC2)cc1. The topological polar surface area (TPSA) is 84.2 Å². The minimum atomic E-state index is -3.57. The molecule has 1 aliphatic rings. The molecule has 0 radical (unpaired) electrons. The summed E-state index contributed by atoms with van der Waals surface area (Å²) in [6.45, 7) is 9.82. The quantitative estimate of drug-likeness (QED) is 0.501. The smallest absolute Gasteiger partial charge is 0.198 e. The number of nitrogens with zero attached hydrogens (tertiary/aromatic N) is 6. The van der Waals surface area contributed by atoms with Crippen LogP contribution in [0.4, 0.5) is 5.69 Å². The van der Waals surface area contributed by atoms with Crippen molar-refractivity contribution in [3.05, 3.63) is 66.0 Å². The van der Waals surface area contributed by atoms with Gasteiger partial charge in [0.1, 0.15) is 0 Å². The van der Waals surface area contributed by atoms with Crippen molar-refractivity contribution in [2.24, 2.45) is 5.92 Å². The Morgan fingerprint density at radius 2 is 1.61 bits per heavy atom. The van der Waals surface area contributed by atoms with Crippen LogP contribution in [0.3, 0.4) is 0 Å². The highest BCUT2D eigenvalue weighted by molar-refractivity contribution is 7.90. The minimum Gasteiger partial charge on any atom is -0.369 e. The molecule has 33 heavy (non-hydrogen) atoms. The summed E-state index contributed by atoms with van der Waals surface area (Å²) in [5, 5.41) is 12.2. The second-order valence-corrected chi connectivity index (χ2v) is 11.1. The Morgan fingerprint density at radius 3 is 2.24 bits per heavy atom. The first-order chi connectivity index (χ1) is 15.8. The van der Waals surface area contributed by atoms with Crippen molar-refractivity contribution in [2.75, 3.05) is 31.1 Å². The lowest BCUT2D eigenvalue weighted by molar-refractivity contribution is 0.153. The van der Waals surface area contributed by atoms with Gasteiger partial charge >= 0.3 is 0 Å². The van der Waals surface area contributed by atoms with Crippen LogP contribution in [0.15, 0.2) is 59.5 Å². The lowest BCUT2D eigenvalue weighted by atomic mass is 10.0. The van der Waals surface area contributed by atoms with Crippen LogP contribution in [0.1, 0.15) is 37.7 Å². The molecule has 0 saturated carbocycles. The third-order valence-electron chi connectivity index (χ3n) is 6.10. The van der Waals surface area contributed by atoms with E-state index in [2.05, 4.69) is 63.4 Å². The van der Waals surface area contributed by atoms with E-state index in [9.17, 15) is 8.42 Å². The molecule has 0 N–H and O–H groups in total. The van der Waals surface area contributed by atoms with E-state index in [1.807, 2.05) is 13.0 Å². The van der Waals surface area contributed by atoms with Crippen LogP contribution in [0, 0.1) is 12.8 Å². The Hall–Kier alpha value is -2.78. The van der Waals surface area contributed by atoms with Crippen LogP contribution < -0.4 is 4.90 Å². The fraction of sp³-hybridized carbons (Fsp3) is 0.458. The van der Waals surface area contributed by atoms with Crippen molar-refractivity contribution in [3.8, 4) is 0 Å². The second kappa shape index (κ2) is 10.0. The van der Waals surface area contributed by atoms with Gasteiger partial charge in [0.05, 0.1) is 10.9 Å². The average Bonchev–Trinajstić information content (AvgIpc) is 3.25. The summed E-state index contributed by atoms with van der Waals surface area (Å²) in [5.74, 6) is 0.769. The van der Waals surface area contributed by atoms with E-state index in [0.717, 1.165) is 38.2 Å². The fourth-order valence-electron chi connectivity index (χ4n) is 4.32. The Balaban J connectivity index is 1.53. The van der Waals surface area contributed by atoms with Gasteiger partial charge in [-0.25, -0.2) is 13.1 Å². The molecule has 0 amide bonds. The van der Waals surface area contributed by atoms with E-state index in [0.29, 0.717) is 11.7 Å². The van der Waals surface area contributed by atoms with Crippen LogP contribution in [-0.2, 0) is 15.7 Å². The molecule has 0 spiro atoms. The molecule has 1 fully saturated rings. The molecule has 8 nitrogen and oxygen atoms in total. The molecule has 4 rings (SSSR count). The molecular formula is C24H32N6O2S. The van der Waals surface area contributed by atoms with Gasteiger partial charge in [0.15, 0.2) is 21.5 Å². The van der Waals surface area contributed by atoms with Crippen molar-refractivity contribution in [1.82, 2.24) is 25.1 Å². The molecule has 0 aliphatic carbocycles. The van der Waals surface area contributed by atoms with Gasteiger partial charge in [-0.05, 0) is 54.0 Å². The van der Waals surface area contributed by atoms with E-state index in [1.165, 1.54) is 10.4 Å². The fourth-order valence-corrected chi connectivity index (χ4v) is 5.52. The first kappa shape index (κ1) is 23.4. The molecule has 0 unspecified atom stereocenters. The van der Waals surface area contributed by atoms with Crippen LogP contribution in [0.2, 0.25) is 0 Å². The van der Waals surface area contributed by atoms with Crippen LogP contribution in [0.5, 0.6) is 0 Å². The predicted octanol–water partition coefficient (Wildman–Crippen LogP) is 3.32. The summed E-state index contributed by atoms with van der Waals surface area (Å²) >= 11 is 0. The van der Waals surface area contributed by atoms with Gasteiger partial charge in [0.2, 0.25) is 0 Å². The van der Waals surface area contributed by atoms with Gasteiger partial charge < -0.3 is 4.90 Å². The highest BCUT2D eigenvalue weighted by atomic mass is 32.2. The van der Waals surface area contributed by atoms with E-state index in [-0.39, 0.29) is 16.8 Å². The highest BCUT2D eigenvalue weighted by Gasteiger charge is 2.31. The zero-order chi connectivity index (χ0) is 23.4. The number of aromatic nitrogens is 4. The van der Waals surface area contributed by atoms with E-state index >= 15 is 0 Å². The molecular weight excluding hydrogens is 436 g/mol. The van der Waals surface area contributed by atoms with Gasteiger partial charge in [-0.15, -0.1) is 5.10 Å². The molecule has 2 aromatic carbocycles. The standard InChI is InChI=1S/C24H32N6O2S/c1-19(2)17-23(29-15-13-28(14-16-29)21-7-5-4-6-8-21)24-25-26-27-30(24)18-33(31,32)22-11-9-20(3)10-12-22/h4-12,19,23H,13-18H2,1-3H3/t23-/m0/s1. The van der Waals surface area contributed by atoms with Crippen LogP contribution >= 0.6 is 0 Å². The monoisotopic (exact) mass is 468 g/mol. The molecule has 1 saturated heterocycles. The number of hydrogen-bond acceptors (Lipinski definition) is 7. The summed E-state index contributed by atoms with van der Waals surface area (Å²) in [4.78, 5) is 5.06. The molecule has 0 bridgehead atoms. The Kier molecular flexibility index (Phi) is 7.09. The molecule has 2 heterocycles. The maximum Gasteiger partial charge on any atom is 0.198 e. The number of piperazine rings is 1. The predicted molar refractivity (Wildman–Crippen MR) is 129 cm³/mol. The lowest BCUT2D eigenvalue weighted by Gasteiger charge is -2.40. The maximum absolute atomic E-state index is 13.0. The third kappa shape index (κ3) is 5.59. The van der Waals surface area contributed by atoms with Gasteiger partial charge in [-0.1, -0.05) is 49.7 Å². The number of aryl methyl sites for hydroxylation is 1. The molecule has 3 aromatic rings. The molecule has 176 valence electrons. The number of para-hydroxylation sites is 1. The summed E-state index contributed by atoms with van der Waals surface area (Å²) < 4.78 is 27.6. The summed E-state index contributed by atoms with van der Waals surface area (Å²) in [6.07, 6.45) is 0.857. The number of hydrogen-bond donors (Lipinski definition) is 0. The molecule has 9 heteroatoms. The zero-order valence-electron chi connectivity index (χ0n) is 19.5. The average molecular weight is 469 g/mol. The van der Waals surface area contributed by atoms with Gasteiger partial charge in [-0.2, -0.15) is 0 Å². The third-order valence-corrected chi connectivity index (χ3v) is 7.68. The summed E-state index contributed by atoms with van der Waals surface area (Å²) in [7, 11) is -3.57. The van der Waals surface area contributed by atoms with Gasteiger partial charge in [0.25, 0.3) is 0 Å². The van der Waals surface area contributed by atoms with Crippen LogP contribution in [-0.4, -0.2) is 59.7 Å². The van der Waals surface area contributed by atoms with Crippen molar-refractivity contribution >= 4 is 15.5 Å². The van der Waals surface area contributed by atoms with Crippen LogP contribution in [0.25, 0.3) is 0 Å². The summed E-state index contributed by atoms with van der Waals surface area (Å²) in [5.41, 5.74) is 2.25. The van der Waals surface area contributed by atoms with E-state index in [1.54, 1.807) is 24.3 Å². The van der Waals surface area contributed by atoms with E-state index in [4.69, 9.17) is 0 Å². The van der Waals surface area contributed by atoms with Crippen molar-refractivity contribution in [2.45, 2.75) is 44.0 Å². The number of benzene rings is 2. The molecule has 1 atom stereocenters. The number of tetrazole rings is 1. The lowest BCUT2D eigenvalue weighted by Crippen LogP contribution is -2.48. The normalized spacial score (nSPS) is 16.3. The van der Waals surface area contributed by atoms with Crippen molar-refractivity contribution in [1.29, 1.82) is 0 Å². The van der Waals surface area contributed by atoms with E-state index < -0.39 is 9.84 Å². The summed E-state index contributed by atoms with van der Waals surface area (Å²) in [6, 6.07) is 17.3. The van der Waals surface area contributed by atoms with Gasteiger partial charge in [0, 0.05) is 31.9 Å². The van der Waals surface area contributed by atoms with Crippen molar-refractivity contribution < 1.29 is 8.42 Å². The number of anilines is 1. The Labute approximate surface area is 196 Å². The highest BCUT2D eigenvalue weighted by Crippen LogP contribution is 2.29. The molecule has 1 aromatic heterocycles. The second-order valence-electron chi connectivity index (χ2n) is 9.10. The van der Waals surface area contributed by atoms with Crippen molar-refractivity contribution in [3.63, 3.8) is 0 Å².